The Balaban J connectivity index is 1.77. The Morgan fingerprint density at radius 3 is 2.70 bits per heavy atom. The van der Waals surface area contributed by atoms with Gasteiger partial charge in [-0.15, -0.1) is 0 Å². The van der Waals surface area contributed by atoms with Crippen molar-refractivity contribution in [3.05, 3.63) is 29.8 Å². The van der Waals surface area contributed by atoms with Gasteiger partial charge in [-0.05, 0) is 35.8 Å². The molecule has 1 aliphatic carbocycles. The van der Waals surface area contributed by atoms with E-state index in [-0.39, 0.29) is 11.9 Å². The molecule has 1 atom stereocenters. The van der Waals surface area contributed by atoms with Crippen molar-refractivity contribution < 1.29 is 4.79 Å². The summed E-state index contributed by atoms with van der Waals surface area (Å²) in [5.74, 6) is 0.919. The highest BCUT2D eigenvalue weighted by molar-refractivity contribution is 5.96. The molecule has 1 saturated carbocycles. The van der Waals surface area contributed by atoms with Gasteiger partial charge < -0.3 is 10.2 Å². The third-order valence-corrected chi connectivity index (χ3v) is 5.24. The average Bonchev–Trinajstić information content (AvgIpc) is 3.23. The first-order valence-electron chi connectivity index (χ1n) is 7.62. The molecule has 108 valence electrons. The summed E-state index contributed by atoms with van der Waals surface area (Å²) in [7, 11) is 1.87. The Morgan fingerprint density at radius 1 is 1.35 bits per heavy atom. The van der Waals surface area contributed by atoms with Crippen molar-refractivity contribution in [1.29, 1.82) is 0 Å². The number of amides is 1. The summed E-state index contributed by atoms with van der Waals surface area (Å²) in [6.45, 7) is 5.64. The van der Waals surface area contributed by atoms with Gasteiger partial charge in [-0.3, -0.25) is 4.79 Å². The zero-order valence-electron chi connectivity index (χ0n) is 12.6. The largest absolute Gasteiger partial charge is 0.315 e. The molecule has 3 nitrogen and oxygen atoms in total. The Labute approximate surface area is 121 Å². The molecule has 3 heteroatoms. The van der Waals surface area contributed by atoms with Crippen molar-refractivity contribution in [2.45, 2.75) is 39.2 Å². The zero-order chi connectivity index (χ0) is 14.3. The molecule has 20 heavy (non-hydrogen) atoms. The zero-order valence-corrected chi connectivity index (χ0v) is 12.6. The summed E-state index contributed by atoms with van der Waals surface area (Å²) in [4.78, 5) is 13.9. The summed E-state index contributed by atoms with van der Waals surface area (Å²) in [6, 6.07) is 8.42. The van der Waals surface area contributed by atoms with E-state index in [0.717, 1.165) is 12.2 Å². The molecule has 1 N–H and O–H groups in total. The van der Waals surface area contributed by atoms with Crippen LogP contribution in [0.1, 0.15) is 44.7 Å². The van der Waals surface area contributed by atoms with Gasteiger partial charge in [-0.1, -0.05) is 32.0 Å². The number of anilines is 1. The van der Waals surface area contributed by atoms with E-state index in [0.29, 0.717) is 17.8 Å². The number of para-hydroxylation sites is 1. The Morgan fingerprint density at radius 2 is 2.05 bits per heavy atom. The van der Waals surface area contributed by atoms with Crippen LogP contribution in [0.15, 0.2) is 24.3 Å². The highest BCUT2D eigenvalue weighted by Crippen LogP contribution is 2.51. The molecule has 1 amide bonds. The van der Waals surface area contributed by atoms with Crippen LogP contribution >= 0.6 is 0 Å². The van der Waals surface area contributed by atoms with Gasteiger partial charge in [-0.2, -0.15) is 0 Å². The number of benzene rings is 1. The molecular weight excluding hydrogens is 248 g/mol. The number of nitrogens with one attached hydrogen (secondary N) is 1. The van der Waals surface area contributed by atoms with E-state index in [1.807, 2.05) is 19.2 Å². The van der Waals surface area contributed by atoms with Crippen LogP contribution in [0.25, 0.3) is 0 Å². The lowest BCUT2D eigenvalue weighted by Crippen LogP contribution is -2.40. The SMILES string of the molecule is CC(C)C1(CNC2CC(=O)N(C)c3ccccc32)CC1. The van der Waals surface area contributed by atoms with Gasteiger partial charge in [0.1, 0.15) is 0 Å². The van der Waals surface area contributed by atoms with Crippen LogP contribution in [0.5, 0.6) is 0 Å². The Bertz CT molecular complexity index is 519. The number of fused-ring (bicyclic) bond motifs is 1. The lowest BCUT2D eigenvalue weighted by Gasteiger charge is -2.33. The fourth-order valence-electron chi connectivity index (χ4n) is 3.27. The second-order valence-electron chi connectivity index (χ2n) is 6.67. The van der Waals surface area contributed by atoms with E-state index in [4.69, 9.17) is 0 Å². The van der Waals surface area contributed by atoms with E-state index < -0.39 is 0 Å². The maximum Gasteiger partial charge on any atom is 0.228 e. The van der Waals surface area contributed by atoms with Crippen LogP contribution in [0.3, 0.4) is 0 Å². The van der Waals surface area contributed by atoms with E-state index in [1.54, 1.807) is 4.90 Å². The van der Waals surface area contributed by atoms with Gasteiger partial charge in [0.05, 0.1) is 0 Å². The molecule has 3 rings (SSSR count). The molecule has 0 aromatic heterocycles. The standard InChI is InChI=1S/C17H24N2O/c1-12(2)17(8-9-17)11-18-14-10-16(20)19(3)15-7-5-4-6-13(14)15/h4-7,12,14,18H,8-11H2,1-3H3. The first-order valence-corrected chi connectivity index (χ1v) is 7.62. The van der Waals surface area contributed by atoms with Crippen LogP contribution in [0.2, 0.25) is 0 Å². The molecule has 1 aliphatic heterocycles. The highest BCUT2D eigenvalue weighted by Gasteiger charge is 2.45. The molecule has 1 heterocycles. The van der Waals surface area contributed by atoms with Crippen LogP contribution in [-0.4, -0.2) is 19.5 Å². The third-order valence-electron chi connectivity index (χ3n) is 5.24. The minimum Gasteiger partial charge on any atom is -0.315 e. The first-order chi connectivity index (χ1) is 9.53. The molecular formula is C17H24N2O. The van der Waals surface area contributed by atoms with Crippen molar-refractivity contribution in [2.24, 2.45) is 11.3 Å². The Hall–Kier alpha value is -1.35. The summed E-state index contributed by atoms with van der Waals surface area (Å²) in [6.07, 6.45) is 3.21. The average molecular weight is 272 g/mol. The number of carbonyl (C=O) groups is 1. The van der Waals surface area contributed by atoms with Gasteiger partial charge in [0.2, 0.25) is 5.91 Å². The molecule has 1 aromatic carbocycles. The minimum absolute atomic E-state index is 0.172. The minimum atomic E-state index is 0.172. The number of rotatable bonds is 4. The number of nitrogens with zero attached hydrogens (tertiary/aromatic N) is 1. The van der Waals surface area contributed by atoms with Crippen molar-refractivity contribution in [2.75, 3.05) is 18.5 Å². The fraction of sp³-hybridized carbons (Fsp3) is 0.588. The summed E-state index contributed by atoms with van der Waals surface area (Å²) in [5.41, 5.74) is 2.78. The summed E-state index contributed by atoms with van der Waals surface area (Å²) >= 11 is 0. The maximum absolute atomic E-state index is 12.1. The smallest absolute Gasteiger partial charge is 0.228 e. The molecule has 1 aromatic rings. The Kier molecular flexibility index (Phi) is 3.33. The van der Waals surface area contributed by atoms with Crippen LogP contribution in [0, 0.1) is 11.3 Å². The quantitative estimate of drug-likeness (QED) is 0.913. The number of carbonyl (C=O) groups excluding carboxylic acids is 1. The van der Waals surface area contributed by atoms with Crippen molar-refractivity contribution >= 4 is 11.6 Å². The lowest BCUT2D eigenvalue weighted by atomic mass is 9.90. The van der Waals surface area contributed by atoms with Crippen LogP contribution in [-0.2, 0) is 4.79 Å². The van der Waals surface area contributed by atoms with Crippen LogP contribution < -0.4 is 10.2 Å². The van der Waals surface area contributed by atoms with Crippen molar-refractivity contribution in [3.63, 3.8) is 0 Å². The molecule has 0 radical (unpaired) electrons. The monoisotopic (exact) mass is 272 g/mol. The predicted molar refractivity (Wildman–Crippen MR) is 81.7 cm³/mol. The molecule has 0 bridgehead atoms. The predicted octanol–water partition coefficient (Wildman–Crippen LogP) is 3.12. The van der Waals surface area contributed by atoms with E-state index in [1.165, 1.54) is 18.4 Å². The van der Waals surface area contributed by atoms with Gasteiger partial charge in [0.15, 0.2) is 0 Å². The van der Waals surface area contributed by atoms with Gasteiger partial charge in [-0.25, -0.2) is 0 Å². The fourth-order valence-corrected chi connectivity index (χ4v) is 3.27. The van der Waals surface area contributed by atoms with E-state index in [2.05, 4.69) is 31.3 Å². The van der Waals surface area contributed by atoms with E-state index in [9.17, 15) is 4.79 Å². The lowest BCUT2D eigenvalue weighted by molar-refractivity contribution is -0.119. The van der Waals surface area contributed by atoms with Crippen molar-refractivity contribution in [1.82, 2.24) is 5.32 Å². The first kappa shape index (κ1) is 13.6. The van der Waals surface area contributed by atoms with Gasteiger partial charge in [0, 0.05) is 31.7 Å². The molecule has 0 spiro atoms. The normalized spacial score (nSPS) is 23.9. The second-order valence-corrected chi connectivity index (χ2v) is 6.67. The molecule has 0 saturated heterocycles. The van der Waals surface area contributed by atoms with Crippen LogP contribution in [0.4, 0.5) is 5.69 Å². The topological polar surface area (TPSA) is 32.3 Å². The number of hydrogen-bond acceptors (Lipinski definition) is 2. The summed E-state index contributed by atoms with van der Waals surface area (Å²) in [5, 5.41) is 3.67. The molecule has 1 unspecified atom stereocenters. The highest BCUT2D eigenvalue weighted by atomic mass is 16.2. The maximum atomic E-state index is 12.1. The third kappa shape index (κ3) is 2.24. The summed E-state index contributed by atoms with van der Waals surface area (Å²) < 4.78 is 0. The molecule has 1 fully saturated rings. The second kappa shape index (κ2) is 4.88. The van der Waals surface area contributed by atoms with Gasteiger partial charge >= 0.3 is 0 Å². The molecule has 2 aliphatic rings. The van der Waals surface area contributed by atoms with Gasteiger partial charge in [0.25, 0.3) is 0 Å². The van der Waals surface area contributed by atoms with Crippen molar-refractivity contribution in [3.8, 4) is 0 Å². The van der Waals surface area contributed by atoms with E-state index >= 15 is 0 Å². The number of hydrogen-bond donors (Lipinski definition) is 1.